The number of nitrogens with zero attached hydrogens (tertiary/aromatic N) is 4. The van der Waals surface area contributed by atoms with Crippen molar-refractivity contribution in [1.29, 1.82) is 0 Å². The lowest BCUT2D eigenvalue weighted by molar-refractivity contribution is 0.795. The van der Waals surface area contributed by atoms with Crippen molar-refractivity contribution < 1.29 is 0 Å². The maximum Gasteiger partial charge on any atom is 0.145 e. The zero-order valence-electron chi connectivity index (χ0n) is 25.2. The molecule has 2 aliphatic rings. The van der Waals surface area contributed by atoms with Crippen LogP contribution in [0.25, 0.3) is 61.4 Å². The van der Waals surface area contributed by atoms with Gasteiger partial charge in [-0.1, -0.05) is 109 Å². The van der Waals surface area contributed by atoms with Crippen LogP contribution in [0.3, 0.4) is 0 Å². The average Bonchev–Trinajstić information content (AvgIpc) is 3.67. The number of benzene rings is 5. The van der Waals surface area contributed by atoms with E-state index in [2.05, 4.69) is 144 Å². The molecule has 5 aromatic carbocycles. The third-order valence-electron chi connectivity index (χ3n) is 9.17. The number of allylic oxidation sites excluding steroid dienone is 4. The summed E-state index contributed by atoms with van der Waals surface area (Å²) in [6, 6.07) is 44.7. The molecule has 7 aromatic rings. The smallest absolute Gasteiger partial charge is 0.145 e. The largest absolute Gasteiger partial charge is 0.292 e. The lowest BCUT2D eigenvalue weighted by Crippen LogP contribution is -2.08. The van der Waals surface area contributed by atoms with Crippen molar-refractivity contribution in [3.8, 4) is 39.5 Å². The number of aromatic nitrogens is 3. The highest BCUT2D eigenvalue weighted by molar-refractivity contribution is 6.12. The summed E-state index contributed by atoms with van der Waals surface area (Å²) in [5.41, 5.74) is 13.1. The Morgan fingerprint density at radius 3 is 2.26 bits per heavy atom. The summed E-state index contributed by atoms with van der Waals surface area (Å²) in [5.74, 6) is 1.16. The van der Waals surface area contributed by atoms with Crippen molar-refractivity contribution in [3.63, 3.8) is 0 Å². The molecule has 3 heterocycles. The number of imidazole rings is 1. The van der Waals surface area contributed by atoms with Crippen LogP contribution in [0.2, 0.25) is 0 Å². The molecule has 1 aliphatic heterocycles. The molecule has 4 nitrogen and oxygen atoms in total. The van der Waals surface area contributed by atoms with Gasteiger partial charge in [0, 0.05) is 39.4 Å². The van der Waals surface area contributed by atoms with Crippen LogP contribution in [-0.4, -0.2) is 20.2 Å². The SMILES string of the molecule is C1=CCCC2C(=Nc3c2c(-c2cccc(-c4ccc(-c5nc6ccccc6n5-c5ccccc5)cc4)c2)nc2ccccc32)C=C1. The lowest BCUT2D eigenvalue weighted by Gasteiger charge is -2.18. The molecule has 218 valence electrons. The molecule has 46 heavy (non-hydrogen) atoms. The van der Waals surface area contributed by atoms with Gasteiger partial charge in [-0.3, -0.25) is 9.56 Å². The van der Waals surface area contributed by atoms with E-state index < -0.39 is 0 Å². The minimum atomic E-state index is 0.232. The molecule has 0 N–H and O–H groups in total. The van der Waals surface area contributed by atoms with Crippen molar-refractivity contribution in [1.82, 2.24) is 14.5 Å². The summed E-state index contributed by atoms with van der Waals surface area (Å²) in [4.78, 5) is 15.5. The number of aliphatic imine (C=N–C) groups is 1. The minimum absolute atomic E-state index is 0.232. The Morgan fingerprint density at radius 1 is 0.609 bits per heavy atom. The zero-order chi connectivity index (χ0) is 30.5. The third kappa shape index (κ3) is 4.41. The molecule has 0 amide bonds. The molecular formula is C42H30N4. The van der Waals surface area contributed by atoms with E-state index in [0.29, 0.717) is 0 Å². The second-order valence-electron chi connectivity index (χ2n) is 11.9. The Hall–Kier alpha value is -5.87. The molecule has 1 aliphatic carbocycles. The summed E-state index contributed by atoms with van der Waals surface area (Å²) in [5, 5.41) is 1.12. The van der Waals surface area contributed by atoms with E-state index in [4.69, 9.17) is 15.0 Å². The first-order valence-corrected chi connectivity index (χ1v) is 15.9. The van der Waals surface area contributed by atoms with Gasteiger partial charge in [-0.25, -0.2) is 9.97 Å². The number of rotatable bonds is 4. The molecule has 0 fully saturated rings. The highest BCUT2D eigenvalue weighted by atomic mass is 15.1. The van der Waals surface area contributed by atoms with Crippen molar-refractivity contribution >= 4 is 33.3 Å². The van der Waals surface area contributed by atoms with Gasteiger partial charge in [0.15, 0.2) is 0 Å². The molecule has 2 aromatic heterocycles. The fraction of sp³-hybridized carbons (Fsp3) is 0.0714. The van der Waals surface area contributed by atoms with Crippen LogP contribution in [0.5, 0.6) is 0 Å². The number of pyridine rings is 1. The fourth-order valence-electron chi connectivity index (χ4n) is 6.99. The van der Waals surface area contributed by atoms with Gasteiger partial charge in [-0.2, -0.15) is 0 Å². The standard InChI is InChI=1S/C42H30N4/c1-2-7-19-35-33(17-6-1)39-40(43-36-20-9-8-18-34(36)41(39)44-35)31-14-12-13-30(27-31)28-23-25-29(26-24-28)42-45-37-21-10-11-22-38(37)46(42)32-15-4-3-5-16-32/h1-5,7-16,18-27,33H,6,17H2. The molecule has 1 unspecified atom stereocenters. The van der Waals surface area contributed by atoms with Gasteiger partial charge >= 0.3 is 0 Å². The Morgan fingerprint density at radius 2 is 1.37 bits per heavy atom. The number of hydrogen-bond acceptors (Lipinski definition) is 3. The first kappa shape index (κ1) is 26.5. The maximum absolute atomic E-state index is 5.28. The molecule has 0 saturated carbocycles. The monoisotopic (exact) mass is 590 g/mol. The summed E-state index contributed by atoms with van der Waals surface area (Å²) in [7, 11) is 0. The van der Waals surface area contributed by atoms with Gasteiger partial charge < -0.3 is 0 Å². The van der Waals surface area contributed by atoms with Crippen LogP contribution in [0.1, 0.15) is 24.3 Å². The van der Waals surface area contributed by atoms with E-state index >= 15 is 0 Å². The molecule has 4 heteroatoms. The zero-order valence-corrected chi connectivity index (χ0v) is 25.2. The number of para-hydroxylation sites is 4. The van der Waals surface area contributed by atoms with Gasteiger partial charge in [0.05, 0.1) is 27.9 Å². The highest BCUT2D eigenvalue weighted by Gasteiger charge is 2.31. The first-order valence-electron chi connectivity index (χ1n) is 15.9. The van der Waals surface area contributed by atoms with E-state index in [1.807, 2.05) is 12.1 Å². The molecule has 0 bridgehead atoms. The van der Waals surface area contributed by atoms with E-state index in [1.165, 1.54) is 5.56 Å². The molecule has 1 atom stereocenters. The average molecular weight is 591 g/mol. The van der Waals surface area contributed by atoms with Crippen molar-refractivity contribution in [2.24, 2.45) is 4.99 Å². The molecule has 0 radical (unpaired) electrons. The van der Waals surface area contributed by atoms with Gasteiger partial charge in [0.25, 0.3) is 0 Å². The predicted octanol–water partition coefficient (Wildman–Crippen LogP) is 10.7. The molecular weight excluding hydrogens is 560 g/mol. The van der Waals surface area contributed by atoms with Crippen LogP contribution in [-0.2, 0) is 0 Å². The predicted molar refractivity (Wildman–Crippen MR) is 190 cm³/mol. The van der Waals surface area contributed by atoms with Gasteiger partial charge in [-0.15, -0.1) is 0 Å². The Bertz CT molecular complexity index is 2360. The van der Waals surface area contributed by atoms with Crippen molar-refractivity contribution in [2.75, 3.05) is 0 Å². The normalized spacial score (nSPS) is 15.4. The maximum atomic E-state index is 5.28. The lowest BCUT2D eigenvalue weighted by atomic mass is 9.86. The van der Waals surface area contributed by atoms with E-state index in [-0.39, 0.29) is 5.92 Å². The van der Waals surface area contributed by atoms with E-state index in [0.717, 1.165) is 85.6 Å². The van der Waals surface area contributed by atoms with Crippen LogP contribution in [0.4, 0.5) is 5.69 Å². The van der Waals surface area contributed by atoms with E-state index in [1.54, 1.807) is 0 Å². The quantitative estimate of drug-likeness (QED) is 0.205. The molecule has 0 saturated heterocycles. The van der Waals surface area contributed by atoms with Crippen LogP contribution in [0.15, 0.2) is 157 Å². The molecule has 0 spiro atoms. The second-order valence-corrected chi connectivity index (χ2v) is 11.9. The van der Waals surface area contributed by atoms with Crippen LogP contribution < -0.4 is 0 Å². The third-order valence-corrected chi connectivity index (χ3v) is 9.17. The fourth-order valence-corrected chi connectivity index (χ4v) is 6.99. The molecule has 9 rings (SSSR count). The number of hydrogen-bond donors (Lipinski definition) is 0. The summed E-state index contributed by atoms with van der Waals surface area (Å²) < 4.78 is 2.24. The first-order chi connectivity index (χ1) is 22.8. The number of fused-ring (bicyclic) bond motifs is 6. The highest BCUT2D eigenvalue weighted by Crippen LogP contribution is 2.47. The van der Waals surface area contributed by atoms with Gasteiger partial charge in [0.1, 0.15) is 5.82 Å². The topological polar surface area (TPSA) is 43.1 Å². The Labute approximate surface area is 267 Å². The summed E-state index contributed by atoms with van der Waals surface area (Å²) >= 11 is 0. The minimum Gasteiger partial charge on any atom is -0.292 e. The van der Waals surface area contributed by atoms with Crippen LogP contribution >= 0.6 is 0 Å². The van der Waals surface area contributed by atoms with Gasteiger partial charge in [-0.05, 0) is 66.4 Å². The summed E-state index contributed by atoms with van der Waals surface area (Å²) in [6.07, 6.45) is 10.7. The van der Waals surface area contributed by atoms with Gasteiger partial charge in [0.2, 0.25) is 0 Å². The second kappa shape index (κ2) is 10.9. The Balaban J connectivity index is 1.13. The van der Waals surface area contributed by atoms with Crippen molar-refractivity contribution in [2.45, 2.75) is 18.8 Å². The van der Waals surface area contributed by atoms with Crippen molar-refractivity contribution in [3.05, 3.63) is 157 Å². The Kier molecular flexibility index (Phi) is 6.31. The summed E-state index contributed by atoms with van der Waals surface area (Å²) in [6.45, 7) is 0. The van der Waals surface area contributed by atoms with Crippen LogP contribution in [0, 0.1) is 0 Å². The van der Waals surface area contributed by atoms with E-state index in [9.17, 15) is 0 Å².